The van der Waals surface area contributed by atoms with E-state index in [-0.39, 0.29) is 18.2 Å². The van der Waals surface area contributed by atoms with Gasteiger partial charge in [-0.2, -0.15) is 5.26 Å². The van der Waals surface area contributed by atoms with Crippen LogP contribution in [-0.4, -0.2) is 21.9 Å². The third-order valence-corrected chi connectivity index (χ3v) is 3.69. The minimum atomic E-state index is 0.147. The molecule has 2 aromatic rings. The molecule has 5 nitrogen and oxygen atoms in total. The lowest BCUT2D eigenvalue weighted by atomic mass is 10.0. The van der Waals surface area contributed by atoms with Crippen LogP contribution in [0.4, 0.5) is 0 Å². The smallest absolute Gasteiger partial charge is 0.247 e. The average molecular weight is 331 g/mol. The van der Waals surface area contributed by atoms with Crippen molar-refractivity contribution in [3.63, 3.8) is 0 Å². The standard InChI is InChI=1S/C15H15N3O2S.C2H6/c1-11(9-19)13-4-2-12(3-5-13)10-21-20-15-7-6-14(8-16)17-18-15;1-2/h2-7,11,19H,9-10H2,1H3;1-2H3. The van der Waals surface area contributed by atoms with Gasteiger partial charge >= 0.3 is 0 Å². The molecular weight excluding hydrogens is 310 g/mol. The zero-order chi connectivity index (χ0) is 17.1. The van der Waals surface area contributed by atoms with Crippen LogP contribution < -0.4 is 4.18 Å². The van der Waals surface area contributed by atoms with Gasteiger partial charge < -0.3 is 9.29 Å². The molecular formula is C17H21N3O2S. The second-order valence-corrected chi connectivity index (χ2v) is 5.23. The van der Waals surface area contributed by atoms with Crippen LogP contribution in [0.5, 0.6) is 5.88 Å². The number of aliphatic hydroxyl groups is 1. The van der Waals surface area contributed by atoms with Crippen LogP contribution in [-0.2, 0) is 5.75 Å². The summed E-state index contributed by atoms with van der Waals surface area (Å²) in [5.74, 6) is 1.21. The van der Waals surface area contributed by atoms with Gasteiger partial charge in [-0.05, 0) is 17.2 Å². The highest BCUT2D eigenvalue weighted by Gasteiger charge is 2.04. The molecule has 0 saturated carbocycles. The molecule has 0 amide bonds. The number of aliphatic hydroxyl groups excluding tert-OH is 1. The SMILES string of the molecule is CC.CC(CO)c1ccc(CSOc2ccc(C#N)nn2)cc1. The molecule has 0 fully saturated rings. The van der Waals surface area contributed by atoms with Crippen molar-refractivity contribution in [3.05, 3.63) is 53.2 Å². The Kier molecular flexibility index (Phi) is 8.73. The summed E-state index contributed by atoms with van der Waals surface area (Å²) in [6.45, 7) is 6.13. The first-order chi connectivity index (χ1) is 11.2. The van der Waals surface area contributed by atoms with Crippen LogP contribution in [0.2, 0.25) is 0 Å². The summed E-state index contributed by atoms with van der Waals surface area (Å²) in [7, 11) is 0. The fraction of sp³-hybridized carbons (Fsp3) is 0.353. The lowest BCUT2D eigenvalue weighted by molar-refractivity contribution is 0.273. The molecule has 0 saturated heterocycles. The van der Waals surface area contributed by atoms with Gasteiger partial charge in [0.15, 0.2) is 5.69 Å². The second-order valence-electron chi connectivity index (χ2n) is 4.54. The molecule has 0 aliphatic heterocycles. The van der Waals surface area contributed by atoms with E-state index in [4.69, 9.17) is 14.6 Å². The van der Waals surface area contributed by atoms with Crippen LogP contribution in [0.15, 0.2) is 36.4 Å². The summed E-state index contributed by atoms with van der Waals surface area (Å²) in [6, 6.07) is 13.1. The molecule has 0 spiro atoms. The molecule has 23 heavy (non-hydrogen) atoms. The maximum absolute atomic E-state index is 9.11. The Hall–Kier alpha value is -2.10. The van der Waals surface area contributed by atoms with E-state index in [1.54, 1.807) is 12.1 Å². The Labute approximate surface area is 141 Å². The van der Waals surface area contributed by atoms with Gasteiger partial charge in [0.25, 0.3) is 0 Å². The fourth-order valence-corrected chi connectivity index (χ4v) is 2.23. The quantitative estimate of drug-likeness (QED) is 0.813. The van der Waals surface area contributed by atoms with Crippen molar-refractivity contribution in [2.75, 3.05) is 6.61 Å². The van der Waals surface area contributed by atoms with E-state index in [1.807, 2.05) is 51.1 Å². The minimum absolute atomic E-state index is 0.147. The number of aromatic nitrogens is 2. The fourth-order valence-electron chi connectivity index (χ4n) is 1.63. The van der Waals surface area contributed by atoms with Gasteiger partial charge in [-0.3, -0.25) is 0 Å². The van der Waals surface area contributed by atoms with E-state index in [0.717, 1.165) is 11.1 Å². The molecule has 122 valence electrons. The van der Waals surface area contributed by atoms with Crippen LogP contribution in [0.1, 0.15) is 43.5 Å². The molecule has 6 heteroatoms. The second kappa shape index (κ2) is 10.6. The van der Waals surface area contributed by atoms with E-state index < -0.39 is 0 Å². The Morgan fingerprint density at radius 3 is 2.39 bits per heavy atom. The summed E-state index contributed by atoms with van der Waals surface area (Å²) < 4.78 is 5.40. The number of nitrogens with zero attached hydrogens (tertiary/aromatic N) is 3. The highest BCUT2D eigenvalue weighted by Crippen LogP contribution is 2.20. The molecule has 1 N–H and O–H groups in total. The Morgan fingerprint density at radius 2 is 1.87 bits per heavy atom. The number of nitriles is 1. The number of hydrogen-bond acceptors (Lipinski definition) is 6. The lowest BCUT2D eigenvalue weighted by Gasteiger charge is -2.09. The summed E-state index contributed by atoms with van der Waals surface area (Å²) in [5.41, 5.74) is 2.50. The van der Waals surface area contributed by atoms with Crippen molar-refractivity contribution in [2.24, 2.45) is 0 Å². The molecule has 1 heterocycles. The zero-order valence-corrected chi connectivity index (χ0v) is 14.4. The Balaban J connectivity index is 0.00000127. The van der Waals surface area contributed by atoms with E-state index in [9.17, 15) is 0 Å². The van der Waals surface area contributed by atoms with Crippen molar-refractivity contribution in [2.45, 2.75) is 32.4 Å². The topological polar surface area (TPSA) is 79.0 Å². The normalized spacial score (nSPS) is 10.9. The first-order valence-electron chi connectivity index (χ1n) is 7.46. The van der Waals surface area contributed by atoms with Crippen molar-refractivity contribution in [3.8, 4) is 11.9 Å². The number of hydrogen-bond donors (Lipinski definition) is 1. The van der Waals surface area contributed by atoms with Crippen LogP contribution in [0.25, 0.3) is 0 Å². The zero-order valence-electron chi connectivity index (χ0n) is 13.6. The number of rotatable bonds is 6. The van der Waals surface area contributed by atoms with Gasteiger partial charge in [0, 0.05) is 18.6 Å². The van der Waals surface area contributed by atoms with Crippen molar-refractivity contribution >= 4 is 12.0 Å². The van der Waals surface area contributed by atoms with Gasteiger partial charge in [0.05, 0.1) is 17.8 Å². The predicted octanol–water partition coefficient (Wildman–Crippen LogP) is 3.70. The van der Waals surface area contributed by atoms with Gasteiger partial charge in [-0.25, -0.2) is 0 Å². The van der Waals surface area contributed by atoms with E-state index in [1.165, 1.54) is 12.0 Å². The van der Waals surface area contributed by atoms with E-state index in [0.29, 0.717) is 11.6 Å². The monoisotopic (exact) mass is 331 g/mol. The summed E-state index contributed by atoms with van der Waals surface area (Å²) >= 11 is 1.26. The molecule has 1 aromatic carbocycles. The van der Waals surface area contributed by atoms with Crippen LogP contribution in [0.3, 0.4) is 0 Å². The summed E-state index contributed by atoms with van der Waals surface area (Å²) in [6.07, 6.45) is 0. The molecule has 2 rings (SSSR count). The summed E-state index contributed by atoms with van der Waals surface area (Å²) in [5, 5.41) is 25.2. The van der Waals surface area contributed by atoms with Crippen molar-refractivity contribution < 1.29 is 9.29 Å². The van der Waals surface area contributed by atoms with Crippen LogP contribution in [0, 0.1) is 11.3 Å². The molecule has 0 radical (unpaired) electrons. The van der Waals surface area contributed by atoms with E-state index >= 15 is 0 Å². The highest BCUT2D eigenvalue weighted by molar-refractivity contribution is 7.94. The molecule has 1 atom stereocenters. The maximum atomic E-state index is 9.11. The maximum Gasteiger partial charge on any atom is 0.247 e. The first-order valence-corrected chi connectivity index (χ1v) is 8.37. The third kappa shape index (κ3) is 6.27. The highest BCUT2D eigenvalue weighted by atomic mass is 32.2. The third-order valence-electron chi connectivity index (χ3n) is 2.95. The predicted molar refractivity (Wildman–Crippen MR) is 92.0 cm³/mol. The molecule has 1 aromatic heterocycles. The average Bonchev–Trinajstić information content (AvgIpc) is 2.64. The van der Waals surface area contributed by atoms with Crippen molar-refractivity contribution in [1.29, 1.82) is 5.26 Å². The largest absolute Gasteiger partial charge is 0.404 e. The van der Waals surface area contributed by atoms with Gasteiger partial charge in [0.1, 0.15) is 6.07 Å². The van der Waals surface area contributed by atoms with Gasteiger partial charge in [-0.1, -0.05) is 45.0 Å². The van der Waals surface area contributed by atoms with Gasteiger partial charge in [0.2, 0.25) is 5.88 Å². The summed E-state index contributed by atoms with van der Waals surface area (Å²) in [4.78, 5) is 0. The van der Waals surface area contributed by atoms with Gasteiger partial charge in [-0.15, -0.1) is 10.2 Å². The van der Waals surface area contributed by atoms with Crippen LogP contribution >= 0.6 is 12.0 Å². The Bertz CT molecular complexity index is 609. The molecule has 1 unspecified atom stereocenters. The first kappa shape index (κ1) is 18.9. The molecule has 0 aliphatic carbocycles. The molecule has 0 aliphatic rings. The minimum Gasteiger partial charge on any atom is -0.404 e. The van der Waals surface area contributed by atoms with Crippen molar-refractivity contribution in [1.82, 2.24) is 10.2 Å². The molecule has 0 bridgehead atoms. The Morgan fingerprint density at radius 1 is 1.17 bits per heavy atom. The lowest BCUT2D eigenvalue weighted by Crippen LogP contribution is -1.98. The van der Waals surface area contributed by atoms with E-state index in [2.05, 4.69) is 10.2 Å². The number of benzene rings is 1.